The first kappa shape index (κ1) is 17.0. The fourth-order valence-electron chi connectivity index (χ4n) is 2.36. The molecule has 0 aliphatic heterocycles. The Bertz CT molecular complexity index is 656. The van der Waals surface area contributed by atoms with Crippen LogP contribution in [0.5, 0.6) is 5.75 Å². The van der Waals surface area contributed by atoms with Gasteiger partial charge in [0.2, 0.25) is 0 Å². The van der Waals surface area contributed by atoms with Crippen LogP contribution in [0.15, 0.2) is 30.3 Å². The van der Waals surface area contributed by atoms with E-state index in [0.717, 1.165) is 11.6 Å². The van der Waals surface area contributed by atoms with Crippen molar-refractivity contribution in [3.05, 3.63) is 63.1 Å². The van der Waals surface area contributed by atoms with Gasteiger partial charge in [-0.3, -0.25) is 0 Å². The minimum absolute atomic E-state index is 0.212. The second kappa shape index (κ2) is 7.27. The minimum atomic E-state index is -0.618. The molecular formula is C16H15Cl2F2NO. The van der Waals surface area contributed by atoms with Gasteiger partial charge in [0.15, 0.2) is 5.75 Å². The standard InChI is InChI=1S/C16H15Cl2F2NO/c1-22-16-13(17)5-9(6-14(16)18)4-10(8-21)12-3-2-11(19)7-15(12)20/h2-3,5-7,10H,4,8,21H2,1H3. The maximum atomic E-state index is 13.9. The number of ether oxygens (including phenoxy) is 1. The first-order valence-corrected chi connectivity index (χ1v) is 7.38. The van der Waals surface area contributed by atoms with E-state index < -0.39 is 11.6 Å². The van der Waals surface area contributed by atoms with Gasteiger partial charge in [-0.15, -0.1) is 0 Å². The summed E-state index contributed by atoms with van der Waals surface area (Å²) < 4.78 is 32.0. The van der Waals surface area contributed by atoms with Crippen LogP contribution >= 0.6 is 23.2 Å². The zero-order valence-electron chi connectivity index (χ0n) is 11.9. The van der Waals surface area contributed by atoms with Crippen molar-refractivity contribution in [3.63, 3.8) is 0 Å². The highest BCUT2D eigenvalue weighted by Gasteiger charge is 2.17. The predicted molar refractivity (Wildman–Crippen MR) is 84.9 cm³/mol. The third kappa shape index (κ3) is 3.69. The zero-order chi connectivity index (χ0) is 16.3. The largest absolute Gasteiger partial charge is 0.494 e. The van der Waals surface area contributed by atoms with Crippen LogP contribution in [0.25, 0.3) is 0 Å². The highest BCUT2D eigenvalue weighted by Crippen LogP contribution is 2.35. The topological polar surface area (TPSA) is 35.2 Å². The van der Waals surface area contributed by atoms with E-state index in [2.05, 4.69) is 0 Å². The van der Waals surface area contributed by atoms with Crippen molar-refractivity contribution in [2.24, 2.45) is 5.73 Å². The summed E-state index contributed by atoms with van der Waals surface area (Å²) in [5.41, 5.74) is 6.91. The van der Waals surface area contributed by atoms with Crippen LogP contribution in [0.3, 0.4) is 0 Å². The molecule has 2 aromatic carbocycles. The summed E-state index contributed by atoms with van der Waals surface area (Å²) >= 11 is 12.2. The summed E-state index contributed by atoms with van der Waals surface area (Å²) in [5.74, 6) is -1.14. The molecule has 6 heteroatoms. The van der Waals surface area contributed by atoms with Crippen molar-refractivity contribution >= 4 is 23.2 Å². The third-order valence-corrected chi connectivity index (χ3v) is 3.99. The van der Waals surface area contributed by atoms with Crippen molar-refractivity contribution in [2.45, 2.75) is 12.3 Å². The Morgan fingerprint density at radius 1 is 1.14 bits per heavy atom. The first-order chi connectivity index (χ1) is 10.5. The molecule has 0 spiro atoms. The Morgan fingerprint density at radius 2 is 1.77 bits per heavy atom. The fraction of sp³-hybridized carbons (Fsp3) is 0.250. The molecule has 0 saturated carbocycles. The van der Waals surface area contributed by atoms with Crippen LogP contribution in [0.1, 0.15) is 17.0 Å². The van der Waals surface area contributed by atoms with Crippen molar-refractivity contribution in [1.29, 1.82) is 0 Å². The SMILES string of the molecule is COc1c(Cl)cc(CC(CN)c2ccc(F)cc2F)cc1Cl. The van der Waals surface area contributed by atoms with Crippen molar-refractivity contribution < 1.29 is 13.5 Å². The molecule has 22 heavy (non-hydrogen) atoms. The molecule has 2 N–H and O–H groups in total. The third-order valence-electron chi connectivity index (χ3n) is 3.43. The quantitative estimate of drug-likeness (QED) is 0.861. The lowest BCUT2D eigenvalue weighted by atomic mass is 9.91. The molecule has 0 aromatic heterocycles. The van der Waals surface area contributed by atoms with Crippen molar-refractivity contribution in [3.8, 4) is 5.75 Å². The number of hydrogen-bond acceptors (Lipinski definition) is 2. The van der Waals surface area contributed by atoms with Crippen LogP contribution in [0.2, 0.25) is 10.0 Å². The molecule has 0 radical (unpaired) electrons. The summed E-state index contributed by atoms with van der Waals surface area (Å²) in [6.45, 7) is 0.212. The second-order valence-corrected chi connectivity index (χ2v) is 5.71. The first-order valence-electron chi connectivity index (χ1n) is 6.63. The van der Waals surface area contributed by atoms with Crippen molar-refractivity contribution in [1.82, 2.24) is 0 Å². The minimum Gasteiger partial charge on any atom is -0.494 e. The van der Waals surface area contributed by atoms with Crippen LogP contribution < -0.4 is 10.5 Å². The molecule has 0 aliphatic rings. The van der Waals surface area contributed by atoms with E-state index in [1.54, 1.807) is 12.1 Å². The summed E-state index contributed by atoms with van der Waals surface area (Å²) in [4.78, 5) is 0. The number of hydrogen-bond donors (Lipinski definition) is 1. The van der Waals surface area contributed by atoms with Crippen LogP contribution in [0.4, 0.5) is 8.78 Å². The molecule has 118 valence electrons. The lowest BCUT2D eigenvalue weighted by Crippen LogP contribution is -2.16. The van der Waals surface area contributed by atoms with Crippen LogP contribution in [-0.2, 0) is 6.42 Å². The fourth-order valence-corrected chi connectivity index (χ4v) is 3.05. The second-order valence-electron chi connectivity index (χ2n) is 4.90. The smallest absolute Gasteiger partial charge is 0.156 e. The molecule has 2 nitrogen and oxygen atoms in total. The average Bonchev–Trinajstić information content (AvgIpc) is 2.45. The number of nitrogens with two attached hydrogens (primary N) is 1. The Kier molecular flexibility index (Phi) is 5.62. The molecule has 0 heterocycles. The van der Waals surface area contributed by atoms with E-state index in [1.165, 1.54) is 19.2 Å². The van der Waals surface area contributed by atoms with Gasteiger partial charge in [0.05, 0.1) is 17.2 Å². The van der Waals surface area contributed by atoms with Gasteiger partial charge in [-0.1, -0.05) is 29.3 Å². The Hall–Kier alpha value is -1.36. The summed E-state index contributed by atoms with van der Waals surface area (Å²) in [6, 6.07) is 6.89. The van der Waals surface area contributed by atoms with E-state index >= 15 is 0 Å². The predicted octanol–water partition coefficient (Wildman–Crippen LogP) is 4.57. The van der Waals surface area contributed by atoms with Gasteiger partial charge in [0, 0.05) is 12.0 Å². The lowest BCUT2D eigenvalue weighted by Gasteiger charge is -2.17. The summed E-state index contributed by atoms with van der Waals surface area (Å²) in [6.07, 6.45) is 0.433. The molecule has 2 aromatic rings. The van der Waals surface area contributed by atoms with Crippen LogP contribution in [0, 0.1) is 11.6 Å². The average molecular weight is 346 g/mol. The van der Waals surface area contributed by atoms with Crippen LogP contribution in [-0.4, -0.2) is 13.7 Å². The van der Waals surface area contributed by atoms with E-state index in [4.69, 9.17) is 33.7 Å². The van der Waals surface area contributed by atoms with Gasteiger partial charge in [-0.05, 0) is 42.3 Å². The molecule has 1 atom stereocenters. The van der Waals surface area contributed by atoms with Crippen molar-refractivity contribution in [2.75, 3.05) is 13.7 Å². The zero-order valence-corrected chi connectivity index (χ0v) is 13.4. The molecule has 1 unspecified atom stereocenters. The number of methoxy groups -OCH3 is 1. The summed E-state index contributed by atoms with van der Waals surface area (Å²) in [5, 5.41) is 0.751. The Balaban J connectivity index is 2.31. The van der Waals surface area contributed by atoms with E-state index in [0.29, 0.717) is 27.8 Å². The number of rotatable bonds is 5. The normalized spacial score (nSPS) is 12.3. The Labute approximate surface area is 137 Å². The van der Waals surface area contributed by atoms with E-state index in [-0.39, 0.29) is 12.5 Å². The monoisotopic (exact) mass is 345 g/mol. The highest BCUT2D eigenvalue weighted by atomic mass is 35.5. The van der Waals surface area contributed by atoms with Gasteiger partial charge in [-0.25, -0.2) is 8.78 Å². The molecule has 0 bridgehead atoms. The number of benzene rings is 2. The van der Waals surface area contributed by atoms with Gasteiger partial charge < -0.3 is 10.5 Å². The maximum absolute atomic E-state index is 13.9. The van der Waals surface area contributed by atoms with E-state index in [9.17, 15) is 8.78 Å². The van der Waals surface area contributed by atoms with Gasteiger partial charge in [0.25, 0.3) is 0 Å². The van der Waals surface area contributed by atoms with Gasteiger partial charge in [-0.2, -0.15) is 0 Å². The van der Waals surface area contributed by atoms with Gasteiger partial charge >= 0.3 is 0 Å². The highest BCUT2D eigenvalue weighted by molar-refractivity contribution is 6.37. The number of halogens is 4. The Morgan fingerprint density at radius 3 is 2.27 bits per heavy atom. The lowest BCUT2D eigenvalue weighted by molar-refractivity contribution is 0.415. The molecular weight excluding hydrogens is 331 g/mol. The summed E-state index contributed by atoms with van der Waals surface area (Å²) in [7, 11) is 1.48. The van der Waals surface area contributed by atoms with E-state index in [1.807, 2.05) is 0 Å². The maximum Gasteiger partial charge on any atom is 0.156 e. The molecule has 2 rings (SSSR count). The molecule has 0 saturated heterocycles. The molecule has 0 aliphatic carbocycles. The molecule has 0 fully saturated rings. The van der Waals surface area contributed by atoms with Gasteiger partial charge in [0.1, 0.15) is 11.6 Å². The molecule has 0 amide bonds.